The molecule has 6 heteroatoms. The summed E-state index contributed by atoms with van der Waals surface area (Å²) in [5, 5.41) is 4.22. The fraction of sp³-hybridized carbons (Fsp3) is 0.167. The van der Waals surface area contributed by atoms with E-state index in [4.69, 9.17) is 22.1 Å². The highest BCUT2D eigenvalue weighted by molar-refractivity contribution is 6.34. The average molecular weight is 266 g/mol. The number of anilines is 1. The van der Waals surface area contributed by atoms with Gasteiger partial charge >= 0.3 is 0 Å². The molecule has 2 N–H and O–H groups in total. The first-order valence-corrected chi connectivity index (χ1v) is 5.58. The van der Waals surface area contributed by atoms with Gasteiger partial charge in [0.15, 0.2) is 0 Å². The molecule has 0 atom stereocenters. The maximum Gasteiger partial charge on any atom is 0.214 e. The van der Waals surface area contributed by atoms with Gasteiger partial charge in [-0.05, 0) is 12.1 Å². The first-order chi connectivity index (χ1) is 8.56. The molecule has 0 aliphatic heterocycles. The number of halogens is 1. The molecule has 5 nitrogen and oxygen atoms in total. The van der Waals surface area contributed by atoms with E-state index in [1.54, 1.807) is 25.2 Å². The van der Waals surface area contributed by atoms with Crippen LogP contribution in [0.25, 0.3) is 0 Å². The summed E-state index contributed by atoms with van der Waals surface area (Å²) in [4.78, 5) is 12.4. The zero-order valence-corrected chi connectivity index (χ0v) is 10.7. The first kappa shape index (κ1) is 12.4. The van der Waals surface area contributed by atoms with E-state index in [0.29, 0.717) is 27.7 Å². The molecule has 0 aliphatic carbocycles. The number of ketones is 1. The van der Waals surface area contributed by atoms with E-state index < -0.39 is 0 Å². The Hall–Kier alpha value is -2.01. The Kier molecular flexibility index (Phi) is 3.25. The smallest absolute Gasteiger partial charge is 0.214 e. The molecule has 2 aromatic rings. The van der Waals surface area contributed by atoms with Gasteiger partial charge < -0.3 is 10.5 Å². The lowest BCUT2D eigenvalue weighted by atomic mass is 10.1. The Morgan fingerprint density at radius 2 is 2.22 bits per heavy atom. The standard InChI is InChI=1S/C12H12ClN3O2/c1-16-11(8(13)6-15-16)12(17)7-4-3-5-9(18-2)10(7)14/h3-6H,14H2,1-2H3. The quantitative estimate of drug-likeness (QED) is 0.680. The summed E-state index contributed by atoms with van der Waals surface area (Å²) in [7, 11) is 3.15. The number of ether oxygens (including phenoxy) is 1. The van der Waals surface area contributed by atoms with Crippen molar-refractivity contribution in [2.45, 2.75) is 0 Å². The number of methoxy groups -OCH3 is 1. The molecule has 1 aromatic heterocycles. The fourth-order valence-corrected chi connectivity index (χ4v) is 1.97. The molecule has 0 saturated heterocycles. The molecule has 18 heavy (non-hydrogen) atoms. The largest absolute Gasteiger partial charge is 0.495 e. The zero-order valence-electron chi connectivity index (χ0n) is 9.98. The molecule has 0 aliphatic rings. The predicted octanol–water partition coefficient (Wildman–Crippen LogP) is 1.90. The molecule has 0 bridgehead atoms. The second-order valence-electron chi connectivity index (χ2n) is 3.72. The number of nitrogen functional groups attached to an aromatic ring is 1. The van der Waals surface area contributed by atoms with E-state index in [1.807, 2.05) is 0 Å². The normalized spacial score (nSPS) is 10.4. The van der Waals surface area contributed by atoms with Gasteiger partial charge in [-0.2, -0.15) is 5.10 Å². The zero-order chi connectivity index (χ0) is 13.3. The van der Waals surface area contributed by atoms with Crippen LogP contribution in [-0.4, -0.2) is 22.7 Å². The maximum atomic E-state index is 12.4. The van der Waals surface area contributed by atoms with Crippen LogP contribution in [-0.2, 0) is 7.05 Å². The highest BCUT2D eigenvalue weighted by Gasteiger charge is 2.20. The third kappa shape index (κ3) is 1.93. The number of para-hydroxylation sites is 1. The van der Waals surface area contributed by atoms with E-state index in [1.165, 1.54) is 18.0 Å². The van der Waals surface area contributed by atoms with Gasteiger partial charge in [0.05, 0.1) is 29.6 Å². The van der Waals surface area contributed by atoms with Crippen molar-refractivity contribution in [1.29, 1.82) is 0 Å². The van der Waals surface area contributed by atoms with Crippen LogP contribution in [0.15, 0.2) is 24.4 Å². The van der Waals surface area contributed by atoms with Crippen LogP contribution >= 0.6 is 11.6 Å². The second-order valence-corrected chi connectivity index (χ2v) is 4.12. The molecule has 1 heterocycles. The highest BCUT2D eigenvalue weighted by atomic mass is 35.5. The predicted molar refractivity (Wildman–Crippen MR) is 69.1 cm³/mol. The lowest BCUT2D eigenvalue weighted by Gasteiger charge is -2.09. The molecule has 1 aromatic carbocycles. The van der Waals surface area contributed by atoms with Crippen molar-refractivity contribution in [2.75, 3.05) is 12.8 Å². The number of aryl methyl sites for hydroxylation is 1. The fourth-order valence-electron chi connectivity index (χ4n) is 1.71. The molecule has 0 amide bonds. The lowest BCUT2D eigenvalue weighted by molar-refractivity contribution is 0.103. The third-order valence-electron chi connectivity index (χ3n) is 2.64. The van der Waals surface area contributed by atoms with Crippen LogP contribution in [0.3, 0.4) is 0 Å². The Bertz CT molecular complexity index is 588. The highest BCUT2D eigenvalue weighted by Crippen LogP contribution is 2.28. The first-order valence-electron chi connectivity index (χ1n) is 5.21. The Labute approximate surface area is 109 Å². The van der Waals surface area contributed by atoms with Crippen LogP contribution in [0, 0.1) is 0 Å². The second kappa shape index (κ2) is 4.70. The number of nitrogens with zero attached hydrogens (tertiary/aromatic N) is 2. The summed E-state index contributed by atoms with van der Waals surface area (Å²) < 4.78 is 6.50. The number of benzene rings is 1. The summed E-state index contributed by atoms with van der Waals surface area (Å²) >= 11 is 5.94. The molecule has 0 fully saturated rings. The van der Waals surface area contributed by atoms with Gasteiger partial charge in [0, 0.05) is 7.05 Å². The molecule has 0 radical (unpaired) electrons. The van der Waals surface area contributed by atoms with E-state index in [9.17, 15) is 4.79 Å². The van der Waals surface area contributed by atoms with Crippen LogP contribution in [0.4, 0.5) is 5.69 Å². The minimum absolute atomic E-state index is 0.281. The molecule has 94 valence electrons. The maximum absolute atomic E-state index is 12.4. The summed E-state index contributed by atoms with van der Waals surface area (Å²) in [6.07, 6.45) is 1.42. The van der Waals surface area contributed by atoms with Crippen molar-refractivity contribution in [3.8, 4) is 5.75 Å². The topological polar surface area (TPSA) is 70.1 Å². The third-order valence-corrected chi connectivity index (χ3v) is 2.92. The van der Waals surface area contributed by atoms with Crippen LogP contribution in [0.5, 0.6) is 5.75 Å². The van der Waals surface area contributed by atoms with E-state index in [0.717, 1.165) is 0 Å². The Morgan fingerprint density at radius 3 is 2.78 bits per heavy atom. The monoisotopic (exact) mass is 265 g/mol. The number of hydrogen-bond acceptors (Lipinski definition) is 4. The number of nitrogens with two attached hydrogens (primary N) is 1. The van der Waals surface area contributed by atoms with E-state index >= 15 is 0 Å². The molecule has 0 unspecified atom stereocenters. The minimum Gasteiger partial charge on any atom is -0.495 e. The summed E-state index contributed by atoms with van der Waals surface area (Å²) in [6, 6.07) is 5.02. The van der Waals surface area contributed by atoms with Gasteiger partial charge in [-0.1, -0.05) is 17.7 Å². The minimum atomic E-state index is -0.281. The van der Waals surface area contributed by atoms with Crippen molar-refractivity contribution in [3.05, 3.63) is 40.7 Å². The molecule has 2 rings (SSSR count). The number of carbonyl (C=O) groups is 1. The van der Waals surface area contributed by atoms with Crippen LogP contribution in [0.2, 0.25) is 5.02 Å². The Morgan fingerprint density at radius 1 is 1.50 bits per heavy atom. The number of carbonyl (C=O) groups excluding carboxylic acids is 1. The van der Waals surface area contributed by atoms with Gasteiger partial charge in [0.2, 0.25) is 5.78 Å². The van der Waals surface area contributed by atoms with E-state index in [2.05, 4.69) is 5.10 Å². The van der Waals surface area contributed by atoms with Crippen molar-refractivity contribution < 1.29 is 9.53 Å². The molecule has 0 saturated carbocycles. The number of hydrogen-bond donors (Lipinski definition) is 1. The summed E-state index contributed by atoms with van der Waals surface area (Å²) in [5.74, 6) is 0.176. The van der Waals surface area contributed by atoms with Crippen LogP contribution < -0.4 is 10.5 Å². The lowest BCUT2D eigenvalue weighted by Crippen LogP contribution is -2.11. The van der Waals surface area contributed by atoms with Gasteiger partial charge in [-0.3, -0.25) is 9.48 Å². The van der Waals surface area contributed by atoms with Gasteiger partial charge in [0.1, 0.15) is 11.4 Å². The van der Waals surface area contributed by atoms with Gasteiger partial charge in [-0.25, -0.2) is 0 Å². The Balaban J connectivity index is 2.53. The number of aromatic nitrogens is 2. The SMILES string of the molecule is COc1cccc(C(=O)c2c(Cl)cnn2C)c1N. The van der Waals surface area contributed by atoms with E-state index in [-0.39, 0.29) is 5.78 Å². The summed E-state index contributed by atoms with van der Waals surface area (Å²) in [5.41, 5.74) is 6.83. The summed E-state index contributed by atoms with van der Waals surface area (Å²) in [6.45, 7) is 0. The molecular formula is C12H12ClN3O2. The van der Waals surface area contributed by atoms with Crippen LogP contribution in [0.1, 0.15) is 16.1 Å². The van der Waals surface area contributed by atoms with Gasteiger partial charge in [0.25, 0.3) is 0 Å². The van der Waals surface area contributed by atoms with Crippen molar-refractivity contribution in [3.63, 3.8) is 0 Å². The number of rotatable bonds is 3. The molecule has 0 spiro atoms. The van der Waals surface area contributed by atoms with Crippen molar-refractivity contribution in [1.82, 2.24) is 9.78 Å². The van der Waals surface area contributed by atoms with Gasteiger partial charge in [-0.15, -0.1) is 0 Å². The van der Waals surface area contributed by atoms with Crippen molar-refractivity contribution in [2.24, 2.45) is 7.05 Å². The average Bonchev–Trinajstić information content (AvgIpc) is 2.68. The molecular weight excluding hydrogens is 254 g/mol. The van der Waals surface area contributed by atoms with Crippen molar-refractivity contribution >= 4 is 23.1 Å².